The van der Waals surface area contributed by atoms with E-state index in [1.54, 1.807) is 0 Å². The molecule has 6 aromatic rings. The van der Waals surface area contributed by atoms with E-state index in [1.165, 1.54) is 36.4 Å². The topological polar surface area (TPSA) is 151 Å². The van der Waals surface area contributed by atoms with Gasteiger partial charge >= 0.3 is 11.0 Å². The van der Waals surface area contributed by atoms with Crippen molar-refractivity contribution in [3.8, 4) is 23.0 Å². The predicted octanol–water partition coefficient (Wildman–Crippen LogP) is 15.0. The third-order valence-electron chi connectivity index (χ3n) is 10.2. The molecular formula is C50H56F6O10S7. The lowest BCUT2D eigenvalue weighted by molar-refractivity contribution is -0.0522. The molecule has 0 saturated heterocycles. The van der Waals surface area contributed by atoms with E-state index in [-0.39, 0.29) is 46.2 Å². The van der Waals surface area contributed by atoms with Crippen LogP contribution in [0.4, 0.5) is 26.3 Å². The summed E-state index contributed by atoms with van der Waals surface area (Å²) in [6.07, 6.45) is 4.62. The number of thiophene rings is 2. The molecule has 0 aliphatic rings. The van der Waals surface area contributed by atoms with Crippen LogP contribution in [0, 0.1) is 0 Å². The molecule has 73 heavy (non-hydrogen) atoms. The van der Waals surface area contributed by atoms with Gasteiger partial charge in [-0.25, -0.2) is 16.8 Å². The molecular weight excluding hydrogens is 1100 g/mol. The zero-order valence-corrected chi connectivity index (χ0v) is 46.6. The number of alkyl halides is 6. The maximum atomic E-state index is 10.7. The van der Waals surface area contributed by atoms with E-state index in [0.29, 0.717) is 0 Å². The Balaban J connectivity index is 0.000000622. The van der Waals surface area contributed by atoms with E-state index in [9.17, 15) is 26.3 Å². The molecule has 2 heterocycles. The van der Waals surface area contributed by atoms with Gasteiger partial charge in [0.25, 0.3) is 0 Å². The maximum Gasteiger partial charge on any atom is 0.485 e. The van der Waals surface area contributed by atoms with Gasteiger partial charge in [0.05, 0.1) is 32.8 Å². The van der Waals surface area contributed by atoms with Crippen LogP contribution in [0.5, 0.6) is 23.0 Å². The Kier molecular flexibility index (Phi) is 23.3. The number of hydrogen-bond acceptors (Lipinski definition) is 13. The first-order valence-corrected chi connectivity index (χ1v) is 30.3. The Labute approximate surface area is 442 Å². The molecule has 0 N–H and O–H groups in total. The Morgan fingerprint density at radius 1 is 0.438 bits per heavy atom. The van der Waals surface area contributed by atoms with E-state index in [1.807, 2.05) is 34.4 Å². The van der Waals surface area contributed by atoms with Crippen LogP contribution in [-0.2, 0) is 42.0 Å². The Morgan fingerprint density at radius 3 is 0.822 bits per heavy atom. The SMILES string of the molecule is CCC(C)Oc1ccc([S+](c2ccc(OC(C)CC)cc2)c2ccc(Sc3ccc([S+](c4ccc(OC(C)CC)cc4)c4ccc(OC(C)CC)cc4)s3)s2)cc1.O=S(=O)([O-])C(F)(F)F.O=S(=O)([O-])C(F)(F)F. The molecule has 0 aliphatic carbocycles. The summed E-state index contributed by atoms with van der Waals surface area (Å²) < 4.78 is 148. The minimum Gasteiger partial charge on any atom is -0.741 e. The number of benzene rings is 4. The van der Waals surface area contributed by atoms with Crippen molar-refractivity contribution in [3.63, 3.8) is 0 Å². The average molecular weight is 1160 g/mol. The normalized spacial score (nSPS) is 14.5. The molecule has 0 radical (unpaired) electrons. The number of ether oxygens (including phenoxy) is 4. The van der Waals surface area contributed by atoms with Crippen LogP contribution in [0.25, 0.3) is 0 Å². The second-order valence-electron chi connectivity index (χ2n) is 15.9. The molecule has 0 spiro atoms. The van der Waals surface area contributed by atoms with Crippen molar-refractivity contribution >= 4 is 76.5 Å². The van der Waals surface area contributed by atoms with Crippen molar-refractivity contribution in [3.05, 3.63) is 121 Å². The Morgan fingerprint density at radius 2 is 0.644 bits per heavy atom. The molecule has 0 fully saturated rings. The van der Waals surface area contributed by atoms with Crippen LogP contribution in [0.3, 0.4) is 0 Å². The summed E-state index contributed by atoms with van der Waals surface area (Å²) in [6.45, 7) is 17.1. The van der Waals surface area contributed by atoms with Gasteiger partial charge in [-0.1, -0.05) is 62.1 Å². The molecule has 400 valence electrons. The predicted molar refractivity (Wildman–Crippen MR) is 276 cm³/mol. The second-order valence-corrected chi connectivity index (χ2v) is 26.9. The lowest BCUT2D eigenvalue weighted by atomic mass is 10.3. The molecule has 23 heteroatoms. The number of rotatable bonds is 20. The summed E-state index contributed by atoms with van der Waals surface area (Å²) in [7, 11) is -12.7. The fourth-order valence-corrected chi connectivity index (χ4v) is 14.8. The number of halogens is 6. The first-order chi connectivity index (χ1) is 34.2. The van der Waals surface area contributed by atoms with Gasteiger partial charge in [0.15, 0.2) is 39.8 Å². The highest BCUT2D eigenvalue weighted by Gasteiger charge is 2.38. The van der Waals surface area contributed by atoms with Crippen molar-refractivity contribution in [2.24, 2.45) is 0 Å². The minimum absolute atomic E-state index is 0.182. The lowest BCUT2D eigenvalue weighted by Gasteiger charge is -2.14. The van der Waals surface area contributed by atoms with E-state index in [2.05, 4.69) is 177 Å². The smallest absolute Gasteiger partial charge is 0.485 e. The Hall–Kier alpha value is -4.07. The molecule has 0 saturated carbocycles. The Bertz CT molecular complexity index is 2520. The second kappa shape index (κ2) is 27.6. The molecule has 6 rings (SSSR count). The number of hydrogen-bond donors (Lipinski definition) is 0. The third-order valence-corrected chi connectivity index (χ3v) is 19.9. The van der Waals surface area contributed by atoms with E-state index < -0.39 is 31.3 Å². The highest BCUT2D eigenvalue weighted by atomic mass is 32.2. The molecule has 0 bridgehead atoms. The van der Waals surface area contributed by atoms with Gasteiger partial charge in [-0.3, -0.25) is 0 Å². The molecule has 4 unspecified atom stereocenters. The van der Waals surface area contributed by atoms with Crippen molar-refractivity contribution in [2.75, 3.05) is 0 Å². The first kappa shape index (κ1) is 61.5. The first-order valence-electron chi connectivity index (χ1n) is 22.6. The third kappa shape index (κ3) is 19.2. The van der Waals surface area contributed by atoms with E-state index in [4.69, 9.17) is 44.9 Å². The largest absolute Gasteiger partial charge is 0.741 e. The zero-order chi connectivity index (χ0) is 54.3. The van der Waals surface area contributed by atoms with Crippen molar-refractivity contribution in [1.29, 1.82) is 0 Å². The quantitative estimate of drug-likeness (QED) is 0.0311. The minimum atomic E-state index is -6.09. The van der Waals surface area contributed by atoms with Gasteiger partial charge in [0.1, 0.15) is 44.8 Å². The molecule has 4 aromatic carbocycles. The van der Waals surface area contributed by atoms with Crippen LogP contribution in [0.15, 0.2) is 158 Å². The molecule has 0 amide bonds. The summed E-state index contributed by atoms with van der Waals surface area (Å²) in [5.41, 5.74) is -11.3. The van der Waals surface area contributed by atoms with Gasteiger partial charge in [-0.15, -0.1) is 0 Å². The summed E-state index contributed by atoms with van der Waals surface area (Å²) in [4.78, 5) is 5.07. The summed E-state index contributed by atoms with van der Waals surface area (Å²) in [6, 6.07) is 44.0. The molecule has 10 nitrogen and oxygen atoms in total. The zero-order valence-electron chi connectivity index (χ0n) is 40.9. The standard InChI is InChI=1S/C48H56O4S5.2CHF3O3S/c1-9-33(5)49-37-13-21-41(22-14-37)56(42-23-15-38(16-24-42)50-34(6)10-2)47-31-29-45(54-47)53-46-30-32-48(55-46)57(43-25-17-39(18-26-43)51-35(7)11-3)44-27-19-40(20-28-44)52-36(8)12-4;2*2-1(3,4)8(5,6)7/h13-36H,9-12H2,1-8H3;2*(H,5,6,7)/q+2;;/p-2. The summed E-state index contributed by atoms with van der Waals surface area (Å²) >= 11 is 5.62. The van der Waals surface area contributed by atoms with Gasteiger partial charge in [-0.2, -0.15) is 26.3 Å². The van der Waals surface area contributed by atoms with Crippen LogP contribution < -0.4 is 18.9 Å². The highest BCUT2D eigenvalue weighted by molar-refractivity contribution is 8.04. The highest BCUT2D eigenvalue weighted by Crippen LogP contribution is 2.45. The molecule has 4 atom stereocenters. The lowest BCUT2D eigenvalue weighted by Crippen LogP contribution is -2.21. The monoisotopic (exact) mass is 1150 g/mol. The summed E-state index contributed by atoms with van der Waals surface area (Å²) in [5.74, 6) is 3.65. The maximum absolute atomic E-state index is 10.7. The summed E-state index contributed by atoms with van der Waals surface area (Å²) in [5, 5.41) is 0. The van der Waals surface area contributed by atoms with Crippen LogP contribution in [-0.4, -0.2) is 61.4 Å². The van der Waals surface area contributed by atoms with Crippen LogP contribution in [0.2, 0.25) is 0 Å². The van der Waals surface area contributed by atoms with Gasteiger partial charge in [-0.05, 0) is 163 Å². The average Bonchev–Trinajstić information content (AvgIpc) is 4.00. The van der Waals surface area contributed by atoms with Crippen LogP contribution in [0.1, 0.15) is 81.1 Å². The fraction of sp³-hybridized carbons (Fsp3) is 0.360. The van der Waals surface area contributed by atoms with Gasteiger partial charge < -0.3 is 28.1 Å². The van der Waals surface area contributed by atoms with Gasteiger partial charge in [0, 0.05) is 12.1 Å². The van der Waals surface area contributed by atoms with Gasteiger partial charge in [0.2, 0.25) is 8.42 Å². The van der Waals surface area contributed by atoms with Crippen molar-refractivity contribution in [2.45, 2.75) is 153 Å². The van der Waals surface area contributed by atoms with E-state index >= 15 is 0 Å². The fourth-order valence-electron chi connectivity index (χ4n) is 5.65. The molecule has 0 aliphatic heterocycles. The van der Waals surface area contributed by atoms with Crippen molar-refractivity contribution in [1.82, 2.24) is 0 Å². The molecule has 2 aromatic heterocycles. The van der Waals surface area contributed by atoms with Crippen LogP contribution >= 0.6 is 34.4 Å². The van der Waals surface area contributed by atoms with E-state index in [0.717, 1.165) is 48.7 Å². The van der Waals surface area contributed by atoms with Crippen molar-refractivity contribution < 1.29 is 71.2 Å².